The molecule has 0 aliphatic heterocycles. The van der Waals surface area contributed by atoms with Gasteiger partial charge < -0.3 is 5.32 Å². The van der Waals surface area contributed by atoms with Crippen LogP contribution in [-0.2, 0) is 6.42 Å². The molecule has 1 heterocycles. The van der Waals surface area contributed by atoms with Crippen molar-refractivity contribution in [1.82, 2.24) is 4.98 Å². The van der Waals surface area contributed by atoms with E-state index in [9.17, 15) is 4.39 Å². The lowest BCUT2D eigenvalue weighted by molar-refractivity contribution is 0.620. The van der Waals surface area contributed by atoms with E-state index >= 15 is 0 Å². The summed E-state index contributed by atoms with van der Waals surface area (Å²) in [4.78, 5) is 4.11. The highest BCUT2D eigenvalue weighted by Gasteiger charge is 2.03. The van der Waals surface area contributed by atoms with Gasteiger partial charge in [-0.05, 0) is 52.2 Å². The Morgan fingerprint density at radius 1 is 1.37 bits per heavy atom. The maximum Gasteiger partial charge on any atom is 0.143 e. The van der Waals surface area contributed by atoms with Crippen molar-refractivity contribution in [3.8, 4) is 6.07 Å². The van der Waals surface area contributed by atoms with E-state index in [2.05, 4.69) is 32.3 Å². The van der Waals surface area contributed by atoms with Crippen LogP contribution in [0.2, 0.25) is 0 Å². The summed E-state index contributed by atoms with van der Waals surface area (Å²) in [5.74, 6) is 0.305. The molecule has 0 radical (unpaired) electrons. The van der Waals surface area contributed by atoms with E-state index in [-0.39, 0.29) is 5.82 Å². The van der Waals surface area contributed by atoms with E-state index in [1.807, 2.05) is 0 Å². The minimum absolute atomic E-state index is 0.270. The molecule has 0 saturated carbocycles. The third kappa shape index (κ3) is 3.52. The molecule has 1 N–H and O–H groups in total. The van der Waals surface area contributed by atoms with Crippen molar-refractivity contribution in [2.75, 3.05) is 11.9 Å². The molecule has 1 aromatic heterocycles. The number of anilines is 1. The maximum atomic E-state index is 13.1. The summed E-state index contributed by atoms with van der Waals surface area (Å²) in [6.07, 6.45) is 2.36. The van der Waals surface area contributed by atoms with Gasteiger partial charge in [0.15, 0.2) is 0 Å². The summed E-state index contributed by atoms with van der Waals surface area (Å²) in [7, 11) is 0. The number of nitrogens with zero attached hydrogens (tertiary/aromatic N) is 2. The van der Waals surface area contributed by atoms with Gasteiger partial charge in [0.05, 0.1) is 10.0 Å². The van der Waals surface area contributed by atoms with E-state index in [0.717, 1.165) is 12.0 Å². The second kappa shape index (κ2) is 6.30. The molecular formula is C14H11BrFN3. The molecule has 0 fully saturated rings. The molecule has 96 valence electrons. The lowest BCUT2D eigenvalue weighted by atomic mass is 10.1. The highest BCUT2D eigenvalue weighted by Crippen LogP contribution is 2.17. The first kappa shape index (κ1) is 13.5. The monoisotopic (exact) mass is 319 g/mol. The zero-order valence-electron chi connectivity index (χ0n) is 10.0. The van der Waals surface area contributed by atoms with Crippen LogP contribution in [0, 0.1) is 17.1 Å². The van der Waals surface area contributed by atoms with Crippen LogP contribution >= 0.6 is 15.9 Å². The van der Waals surface area contributed by atoms with Gasteiger partial charge in [0.1, 0.15) is 17.7 Å². The van der Waals surface area contributed by atoms with E-state index in [4.69, 9.17) is 5.26 Å². The number of nitrogens with one attached hydrogen (secondary N) is 1. The summed E-state index contributed by atoms with van der Waals surface area (Å²) in [5.41, 5.74) is 1.53. The lowest BCUT2D eigenvalue weighted by Gasteiger charge is -2.07. The van der Waals surface area contributed by atoms with Gasteiger partial charge in [-0.1, -0.05) is 6.07 Å². The fourth-order valence-electron chi connectivity index (χ4n) is 1.66. The molecule has 0 bridgehead atoms. The number of benzene rings is 1. The minimum atomic E-state index is -0.270. The largest absolute Gasteiger partial charge is 0.369 e. The Labute approximate surface area is 119 Å². The van der Waals surface area contributed by atoms with E-state index in [1.165, 1.54) is 6.07 Å². The van der Waals surface area contributed by atoms with Gasteiger partial charge in [0, 0.05) is 12.7 Å². The Kier molecular flexibility index (Phi) is 4.48. The van der Waals surface area contributed by atoms with Gasteiger partial charge in [0.2, 0.25) is 0 Å². The number of aromatic nitrogens is 1. The molecule has 5 heteroatoms. The predicted octanol–water partition coefficient (Wildman–Crippen LogP) is 3.51. The Bertz CT molecular complexity index is 622. The third-order valence-electron chi connectivity index (χ3n) is 2.62. The Morgan fingerprint density at radius 3 is 2.95 bits per heavy atom. The number of hydrogen-bond donors (Lipinski definition) is 1. The van der Waals surface area contributed by atoms with Crippen LogP contribution < -0.4 is 5.32 Å². The summed E-state index contributed by atoms with van der Waals surface area (Å²) < 4.78 is 13.5. The van der Waals surface area contributed by atoms with Crippen LogP contribution in [0.1, 0.15) is 11.1 Å². The second-order valence-corrected chi connectivity index (χ2v) is 4.79. The molecule has 3 nitrogen and oxygen atoms in total. The first-order chi connectivity index (χ1) is 9.20. The van der Waals surface area contributed by atoms with Gasteiger partial charge in [0.25, 0.3) is 0 Å². The van der Waals surface area contributed by atoms with Gasteiger partial charge in [-0.15, -0.1) is 0 Å². The molecular weight excluding hydrogens is 309 g/mol. The molecule has 0 saturated heterocycles. The minimum Gasteiger partial charge on any atom is -0.369 e. The summed E-state index contributed by atoms with van der Waals surface area (Å²) in [5, 5.41) is 12.0. The number of rotatable bonds is 4. The van der Waals surface area contributed by atoms with Crippen molar-refractivity contribution >= 4 is 21.7 Å². The highest BCUT2D eigenvalue weighted by atomic mass is 79.9. The maximum absolute atomic E-state index is 13.1. The molecule has 0 unspecified atom stereocenters. The molecule has 0 aliphatic carbocycles. The van der Waals surface area contributed by atoms with Crippen LogP contribution in [0.15, 0.2) is 41.0 Å². The Morgan fingerprint density at radius 2 is 2.21 bits per heavy atom. The molecule has 1 aromatic carbocycles. The molecule has 2 rings (SSSR count). The summed E-state index contributed by atoms with van der Waals surface area (Å²) in [6.45, 7) is 0.629. The SMILES string of the molecule is N#Cc1cccnc1NCCc1ccc(F)c(Br)c1. The zero-order chi connectivity index (χ0) is 13.7. The third-order valence-corrected chi connectivity index (χ3v) is 3.23. The fraction of sp³-hybridized carbons (Fsp3) is 0.143. The first-order valence-electron chi connectivity index (χ1n) is 5.73. The number of halogens is 2. The second-order valence-electron chi connectivity index (χ2n) is 3.94. The van der Waals surface area contributed by atoms with Crippen molar-refractivity contribution in [3.05, 3.63) is 57.9 Å². The van der Waals surface area contributed by atoms with Crippen molar-refractivity contribution in [3.63, 3.8) is 0 Å². The topological polar surface area (TPSA) is 48.7 Å². The Balaban J connectivity index is 1.97. The van der Waals surface area contributed by atoms with E-state index in [0.29, 0.717) is 22.4 Å². The lowest BCUT2D eigenvalue weighted by Crippen LogP contribution is -2.07. The summed E-state index contributed by atoms with van der Waals surface area (Å²) >= 11 is 3.15. The molecule has 0 aliphatic rings. The quantitative estimate of drug-likeness (QED) is 0.938. The highest BCUT2D eigenvalue weighted by molar-refractivity contribution is 9.10. The van der Waals surface area contributed by atoms with Gasteiger partial charge in [-0.25, -0.2) is 9.37 Å². The normalized spacial score (nSPS) is 9.95. The van der Waals surface area contributed by atoms with Crippen LogP contribution in [0.25, 0.3) is 0 Å². The van der Waals surface area contributed by atoms with Crippen LogP contribution in [0.4, 0.5) is 10.2 Å². The molecule has 0 amide bonds. The molecule has 0 atom stereocenters. The van der Waals surface area contributed by atoms with Crippen molar-refractivity contribution in [2.24, 2.45) is 0 Å². The molecule has 19 heavy (non-hydrogen) atoms. The van der Waals surface area contributed by atoms with Gasteiger partial charge >= 0.3 is 0 Å². The van der Waals surface area contributed by atoms with Crippen LogP contribution in [-0.4, -0.2) is 11.5 Å². The zero-order valence-corrected chi connectivity index (χ0v) is 11.6. The van der Waals surface area contributed by atoms with Gasteiger partial charge in [-0.3, -0.25) is 0 Å². The fourth-order valence-corrected chi connectivity index (χ4v) is 2.08. The van der Waals surface area contributed by atoms with E-state index < -0.39 is 0 Å². The number of nitriles is 1. The molecule has 0 spiro atoms. The average molecular weight is 320 g/mol. The predicted molar refractivity (Wildman–Crippen MR) is 75.2 cm³/mol. The van der Waals surface area contributed by atoms with Crippen molar-refractivity contribution < 1.29 is 4.39 Å². The Hall–Kier alpha value is -1.93. The van der Waals surface area contributed by atoms with Crippen LogP contribution in [0.5, 0.6) is 0 Å². The van der Waals surface area contributed by atoms with Crippen LogP contribution in [0.3, 0.4) is 0 Å². The van der Waals surface area contributed by atoms with Crippen molar-refractivity contribution in [1.29, 1.82) is 5.26 Å². The number of hydrogen-bond acceptors (Lipinski definition) is 3. The first-order valence-corrected chi connectivity index (χ1v) is 6.53. The molecule has 2 aromatic rings. The summed E-state index contributed by atoms with van der Waals surface area (Å²) in [6, 6.07) is 10.4. The van der Waals surface area contributed by atoms with E-state index in [1.54, 1.807) is 30.5 Å². The number of pyridine rings is 1. The average Bonchev–Trinajstić information content (AvgIpc) is 2.43. The smallest absolute Gasteiger partial charge is 0.143 e. The standard InChI is InChI=1S/C14H11BrFN3/c15-12-8-10(3-4-13(12)16)5-7-19-14-11(9-17)2-1-6-18-14/h1-4,6,8H,5,7H2,(H,18,19). The van der Waals surface area contributed by atoms with Crippen molar-refractivity contribution in [2.45, 2.75) is 6.42 Å². The van der Waals surface area contributed by atoms with Gasteiger partial charge in [-0.2, -0.15) is 5.26 Å².